The molecule has 8 nitrogen and oxygen atoms in total. The minimum Gasteiger partial charge on any atom is -0.459 e. The number of thioether (sulfide) groups is 1. The van der Waals surface area contributed by atoms with E-state index in [1.807, 2.05) is 0 Å². The molecule has 0 bridgehead atoms. The van der Waals surface area contributed by atoms with E-state index in [0.29, 0.717) is 11.3 Å². The van der Waals surface area contributed by atoms with Crippen molar-refractivity contribution in [1.29, 1.82) is 0 Å². The van der Waals surface area contributed by atoms with Crippen LogP contribution in [0.1, 0.15) is 16.1 Å². The first kappa shape index (κ1) is 22.4. The largest absolute Gasteiger partial charge is 0.459 e. The Balaban J connectivity index is 1.48. The van der Waals surface area contributed by atoms with Crippen LogP contribution in [0, 0.1) is 0 Å². The van der Waals surface area contributed by atoms with Crippen LogP contribution in [-0.4, -0.2) is 39.8 Å². The number of pyridine rings is 1. The highest BCUT2D eigenvalue weighted by molar-refractivity contribution is 8.00. The number of imide groups is 1. The maximum atomic E-state index is 12.9. The lowest BCUT2D eigenvalue weighted by Crippen LogP contribution is -2.33. The van der Waals surface area contributed by atoms with Crippen LogP contribution in [-0.2, 0) is 11.3 Å². The number of anilines is 2. The Morgan fingerprint density at radius 2 is 1.91 bits per heavy atom. The van der Waals surface area contributed by atoms with Gasteiger partial charge in [-0.2, -0.15) is 13.2 Å². The molecule has 33 heavy (non-hydrogen) atoms. The Morgan fingerprint density at radius 3 is 2.58 bits per heavy atom. The number of hydrogen-bond acceptors (Lipinski definition) is 6. The van der Waals surface area contributed by atoms with Gasteiger partial charge >= 0.3 is 11.5 Å². The van der Waals surface area contributed by atoms with Crippen LogP contribution >= 0.6 is 11.8 Å². The Hall–Kier alpha value is -3.80. The van der Waals surface area contributed by atoms with E-state index < -0.39 is 23.4 Å². The summed E-state index contributed by atoms with van der Waals surface area (Å²) in [6, 6.07) is 8.99. The molecule has 0 saturated carbocycles. The number of rotatable bonds is 6. The van der Waals surface area contributed by atoms with Gasteiger partial charge in [-0.3, -0.25) is 14.6 Å². The Morgan fingerprint density at radius 1 is 1.15 bits per heavy atom. The van der Waals surface area contributed by atoms with Gasteiger partial charge in [0.05, 0.1) is 30.4 Å². The van der Waals surface area contributed by atoms with Crippen LogP contribution in [0.5, 0.6) is 0 Å². The fraction of sp³-hybridized carbons (Fsp3) is 0.143. The van der Waals surface area contributed by atoms with Crippen molar-refractivity contribution in [3.8, 4) is 0 Å². The summed E-state index contributed by atoms with van der Waals surface area (Å²) in [5.74, 6) is -0.932. The number of carbonyl (C=O) groups excluding carboxylic acids is 3. The monoisotopic (exact) mass is 476 g/mol. The van der Waals surface area contributed by atoms with E-state index in [2.05, 4.69) is 10.3 Å². The lowest BCUT2D eigenvalue weighted by Gasteiger charge is -2.19. The molecule has 170 valence electrons. The third kappa shape index (κ3) is 5.17. The van der Waals surface area contributed by atoms with Gasteiger partial charge in [0.25, 0.3) is 11.8 Å². The van der Waals surface area contributed by atoms with E-state index in [9.17, 15) is 27.6 Å². The van der Waals surface area contributed by atoms with Crippen LogP contribution in [0.4, 0.5) is 29.3 Å². The summed E-state index contributed by atoms with van der Waals surface area (Å²) >= 11 is -0.285. The van der Waals surface area contributed by atoms with Crippen molar-refractivity contribution in [2.45, 2.75) is 16.9 Å². The van der Waals surface area contributed by atoms with E-state index in [0.717, 1.165) is 4.90 Å². The van der Waals surface area contributed by atoms with Gasteiger partial charge in [-0.05, 0) is 59.8 Å². The summed E-state index contributed by atoms with van der Waals surface area (Å²) < 4.78 is 42.6. The Labute approximate surface area is 189 Å². The molecule has 1 saturated heterocycles. The second kappa shape index (κ2) is 8.98. The molecule has 4 rings (SSSR count). The van der Waals surface area contributed by atoms with Gasteiger partial charge in [0, 0.05) is 11.1 Å². The molecule has 0 unspecified atom stereocenters. The average Bonchev–Trinajstić information content (AvgIpc) is 3.38. The zero-order chi connectivity index (χ0) is 23.6. The molecular formula is C21H15F3N4O4S. The number of benzene rings is 1. The van der Waals surface area contributed by atoms with Crippen LogP contribution in [0.25, 0.3) is 0 Å². The van der Waals surface area contributed by atoms with Crippen LogP contribution in [0.3, 0.4) is 0 Å². The standard InChI is InChI=1S/C21H15F3N4O4S/c22-21(23,24)33-15-5-3-14(4-6-15)28-18(29)12-27(20(28)31)11-13-7-8-25-10-16(13)26-19(30)17-2-1-9-32-17/h1-10H,11-12H2,(H,26,30). The zero-order valence-corrected chi connectivity index (χ0v) is 17.5. The first-order valence-corrected chi connectivity index (χ1v) is 10.3. The van der Waals surface area contributed by atoms with Gasteiger partial charge < -0.3 is 14.6 Å². The summed E-state index contributed by atoms with van der Waals surface area (Å²) in [7, 11) is 0. The smallest absolute Gasteiger partial charge is 0.446 e. The third-order valence-electron chi connectivity index (χ3n) is 4.63. The third-order valence-corrected chi connectivity index (χ3v) is 5.37. The van der Waals surface area contributed by atoms with E-state index in [4.69, 9.17) is 4.42 Å². The molecule has 1 N–H and O–H groups in total. The van der Waals surface area contributed by atoms with Gasteiger partial charge in [-0.25, -0.2) is 9.69 Å². The molecular weight excluding hydrogens is 461 g/mol. The summed E-state index contributed by atoms with van der Waals surface area (Å²) in [6.07, 6.45) is 4.25. The Kier molecular flexibility index (Phi) is 6.09. The molecule has 0 spiro atoms. The number of alkyl halides is 3. The van der Waals surface area contributed by atoms with E-state index in [-0.39, 0.29) is 41.2 Å². The highest BCUT2D eigenvalue weighted by atomic mass is 32.2. The number of nitrogens with one attached hydrogen (secondary N) is 1. The van der Waals surface area contributed by atoms with Crippen molar-refractivity contribution >= 4 is 41.0 Å². The maximum Gasteiger partial charge on any atom is 0.446 e. The van der Waals surface area contributed by atoms with Gasteiger partial charge in [0.2, 0.25) is 0 Å². The van der Waals surface area contributed by atoms with E-state index >= 15 is 0 Å². The lowest BCUT2D eigenvalue weighted by molar-refractivity contribution is -0.116. The van der Waals surface area contributed by atoms with Crippen LogP contribution in [0.2, 0.25) is 0 Å². The van der Waals surface area contributed by atoms with Crippen molar-refractivity contribution < 1.29 is 32.0 Å². The number of furan rings is 1. The van der Waals surface area contributed by atoms with E-state index in [1.54, 1.807) is 12.1 Å². The van der Waals surface area contributed by atoms with Crippen molar-refractivity contribution in [3.63, 3.8) is 0 Å². The van der Waals surface area contributed by atoms with Gasteiger partial charge in [0.1, 0.15) is 6.54 Å². The number of amides is 4. The lowest BCUT2D eigenvalue weighted by atomic mass is 10.2. The highest BCUT2D eigenvalue weighted by Crippen LogP contribution is 2.37. The summed E-state index contributed by atoms with van der Waals surface area (Å²) in [5.41, 5.74) is -3.40. The van der Waals surface area contributed by atoms with Gasteiger partial charge in [-0.15, -0.1) is 0 Å². The average molecular weight is 476 g/mol. The Bertz CT molecular complexity index is 1180. The van der Waals surface area contributed by atoms with Crippen molar-refractivity contribution in [2.75, 3.05) is 16.8 Å². The van der Waals surface area contributed by atoms with Crippen molar-refractivity contribution in [2.24, 2.45) is 0 Å². The topological polar surface area (TPSA) is 95.8 Å². The quantitative estimate of drug-likeness (QED) is 0.416. The normalized spacial score (nSPS) is 14.2. The SMILES string of the molecule is O=C(Nc1cnccc1CN1CC(=O)N(c2ccc(SC(F)(F)F)cc2)C1=O)c1ccco1. The fourth-order valence-corrected chi connectivity index (χ4v) is 3.73. The minimum atomic E-state index is -4.44. The first-order valence-electron chi connectivity index (χ1n) is 9.47. The summed E-state index contributed by atoms with van der Waals surface area (Å²) in [4.78, 5) is 43.8. The number of urea groups is 1. The molecule has 4 amide bonds. The molecule has 1 aliphatic rings. The number of nitrogens with zero attached hydrogens (tertiary/aromatic N) is 3. The van der Waals surface area contributed by atoms with Crippen molar-refractivity contribution in [1.82, 2.24) is 9.88 Å². The number of aromatic nitrogens is 1. The molecule has 0 aliphatic carbocycles. The second-order valence-electron chi connectivity index (χ2n) is 6.87. The molecule has 0 radical (unpaired) electrons. The van der Waals surface area contributed by atoms with Crippen LogP contribution < -0.4 is 10.2 Å². The molecule has 3 aromatic rings. The fourth-order valence-electron chi connectivity index (χ4n) is 3.20. The highest BCUT2D eigenvalue weighted by Gasteiger charge is 2.37. The first-order chi connectivity index (χ1) is 15.7. The second-order valence-corrected chi connectivity index (χ2v) is 8.01. The summed E-state index contributed by atoms with van der Waals surface area (Å²) in [6.45, 7) is -0.231. The van der Waals surface area contributed by atoms with Crippen LogP contribution in [0.15, 0.2) is 70.4 Å². The van der Waals surface area contributed by atoms with Gasteiger partial charge in [-0.1, -0.05) is 0 Å². The number of halogens is 3. The number of carbonyl (C=O) groups is 3. The van der Waals surface area contributed by atoms with E-state index in [1.165, 1.54) is 53.9 Å². The molecule has 1 aromatic carbocycles. The van der Waals surface area contributed by atoms with Gasteiger partial charge in [0.15, 0.2) is 5.76 Å². The summed E-state index contributed by atoms with van der Waals surface area (Å²) in [5, 5.41) is 2.65. The number of hydrogen-bond donors (Lipinski definition) is 1. The molecule has 2 aromatic heterocycles. The maximum absolute atomic E-state index is 12.9. The predicted molar refractivity (Wildman–Crippen MR) is 113 cm³/mol. The molecule has 0 atom stereocenters. The zero-order valence-electron chi connectivity index (χ0n) is 16.7. The predicted octanol–water partition coefficient (Wildman–Crippen LogP) is 4.51. The molecule has 12 heteroatoms. The minimum absolute atomic E-state index is 0.000624. The van der Waals surface area contributed by atoms with Crippen molar-refractivity contribution in [3.05, 3.63) is 72.4 Å². The molecule has 1 aliphatic heterocycles. The molecule has 1 fully saturated rings. The molecule has 3 heterocycles.